The molecule has 5 rings (SSSR count). The Kier molecular flexibility index (Phi) is 7.14. The van der Waals surface area contributed by atoms with Crippen LogP contribution in [0.25, 0.3) is 0 Å². The minimum atomic E-state index is -2.36. The molecule has 0 bridgehead atoms. The second-order valence-electron chi connectivity index (χ2n) is 8.82. The van der Waals surface area contributed by atoms with E-state index in [2.05, 4.69) is 79.7 Å². The van der Waals surface area contributed by atoms with Crippen molar-refractivity contribution in [2.45, 2.75) is 30.1 Å². The Balaban J connectivity index is 1.59. The molecule has 35 heavy (non-hydrogen) atoms. The van der Waals surface area contributed by atoms with Gasteiger partial charge in [0.05, 0.1) is 0 Å². The predicted octanol–water partition coefficient (Wildman–Crippen LogP) is 8.27. The Morgan fingerprint density at radius 3 is 2.09 bits per heavy atom. The van der Waals surface area contributed by atoms with E-state index < -0.39 is 19.8 Å². The van der Waals surface area contributed by atoms with Crippen LogP contribution in [0.3, 0.4) is 0 Å². The van der Waals surface area contributed by atoms with Gasteiger partial charge in [-0.1, -0.05) is 0 Å². The third kappa shape index (κ3) is 5.10. The van der Waals surface area contributed by atoms with Crippen molar-refractivity contribution in [3.63, 3.8) is 0 Å². The molecule has 1 heterocycles. The molecule has 3 heteroatoms. The summed E-state index contributed by atoms with van der Waals surface area (Å²) in [6, 6.07) is 34.9. The molecular weight excluding hydrogens is 543 g/mol. The van der Waals surface area contributed by atoms with E-state index in [1.54, 1.807) is 12.1 Å². The molecule has 0 spiro atoms. The molecule has 2 nitrogen and oxygen atoms in total. The van der Waals surface area contributed by atoms with Crippen molar-refractivity contribution in [3.8, 4) is 5.75 Å². The Hall–Kier alpha value is -3.18. The number of fused-ring (bicyclic) bond motifs is 1. The number of allylic oxidation sites excluding steroid dienone is 2. The minimum absolute atomic E-state index is 0.112. The molecule has 0 radical (unpaired) electrons. The van der Waals surface area contributed by atoms with E-state index >= 15 is 0 Å². The van der Waals surface area contributed by atoms with E-state index in [4.69, 9.17) is 0 Å². The molecule has 1 aliphatic rings. The second kappa shape index (κ2) is 10.6. The van der Waals surface area contributed by atoms with Crippen LogP contribution < -0.4 is 0 Å². The Bertz CT molecular complexity index is 1320. The van der Waals surface area contributed by atoms with Crippen LogP contribution in [0.15, 0.2) is 113 Å². The molecule has 4 aromatic rings. The standard InChI is InChI=1S/C32H29IO2/c1-2-28-19-18-25-17-16-24(20-23-10-9-15-29(34)21-23)22-30(25)32(35)33(28)31(26-11-5-3-6-12-26)27-13-7-4-8-14-27/h3-17,19,21-22,31,34H,2,18,20H2,1H3. The Morgan fingerprint density at radius 1 is 0.800 bits per heavy atom. The number of alkyl halides is 1. The summed E-state index contributed by atoms with van der Waals surface area (Å²) in [7, 11) is 0. The normalized spacial score (nSPS) is 14.4. The zero-order chi connectivity index (χ0) is 24.2. The fourth-order valence-electron chi connectivity index (χ4n) is 4.74. The number of carbonyl (C=O) groups is 1. The Morgan fingerprint density at radius 2 is 1.46 bits per heavy atom. The van der Waals surface area contributed by atoms with Crippen molar-refractivity contribution < 1.29 is 9.90 Å². The number of benzene rings is 4. The monoisotopic (exact) mass is 572 g/mol. The number of hydrogen-bond acceptors (Lipinski definition) is 2. The topological polar surface area (TPSA) is 37.3 Å². The van der Waals surface area contributed by atoms with Gasteiger partial charge in [0.1, 0.15) is 0 Å². The molecule has 176 valence electrons. The average Bonchev–Trinajstić information content (AvgIpc) is 3.02. The first-order valence-corrected chi connectivity index (χ1v) is 15.5. The maximum atomic E-state index is 14.4. The number of hydrogen-bond donors (Lipinski definition) is 1. The molecule has 1 aliphatic heterocycles. The Labute approximate surface area is 214 Å². The van der Waals surface area contributed by atoms with Gasteiger partial charge in [-0.05, 0) is 0 Å². The van der Waals surface area contributed by atoms with Crippen LogP contribution in [0.1, 0.15) is 55.4 Å². The molecule has 0 saturated carbocycles. The first kappa shape index (κ1) is 23.6. The van der Waals surface area contributed by atoms with E-state index in [9.17, 15) is 9.90 Å². The summed E-state index contributed by atoms with van der Waals surface area (Å²) in [6.07, 6.45) is 4.76. The molecule has 1 N–H and O–H groups in total. The molecule has 0 fully saturated rings. The summed E-state index contributed by atoms with van der Waals surface area (Å²) in [5, 5.41) is 9.88. The number of halogens is 1. The van der Waals surface area contributed by atoms with Gasteiger partial charge in [0.15, 0.2) is 0 Å². The number of aromatic hydroxyl groups is 1. The van der Waals surface area contributed by atoms with Crippen LogP contribution in [0.2, 0.25) is 0 Å². The van der Waals surface area contributed by atoms with Crippen molar-refractivity contribution in [1.82, 2.24) is 0 Å². The summed E-state index contributed by atoms with van der Waals surface area (Å²) in [5.74, 6) is 0.270. The van der Waals surface area contributed by atoms with Gasteiger partial charge in [-0.2, -0.15) is 0 Å². The number of rotatable bonds is 6. The fraction of sp³-hybridized carbons (Fsp3) is 0.156. The molecular formula is C32H29IO2. The van der Waals surface area contributed by atoms with Gasteiger partial charge in [0.25, 0.3) is 0 Å². The molecule has 0 unspecified atom stereocenters. The second-order valence-corrected chi connectivity index (χ2v) is 14.2. The van der Waals surface area contributed by atoms with Gasteiger partial charge in [0.2, 0.25) is 0 Å². The van der Waals surface area contributed by atoms with Gasteiger partial charge in [-0.3, -0.25) is 0 Å². The first-order chi connectivity index (χ1) is 17.1. The molecule has 0 aliphatic carbocycles. The van der Waals surface area contributed by atoms with E-state index in [0.29, 0.717) is 10.2 Å². The predicted molar refractivity (Wildman–Crippen MR) is 153 cm³/mol. The van der Waals surface area contributed by atoms with Crippen molar-refractivity contribution in [3.05, 3.63) is 146 Å². The van der Waals surface area contributed by atoms with Crippen molar-refractivity contribution >= 4 is 23.6 Å². The van der Waals surface area contributed by atoms with E-state index in [1.807, 2.05) is 24.3 Å². The van der Waals surface area contributed by atoms with Crippen LogP contribution in [0.5, 0.6) is 5.75 Å². The van der Waals surface area contributed by atoms with E-state index in [0.717, 1.165) is 35.1 Å². The summed E-state index contributed by atoms with van der Waals surface area (Å²) in [4.78, 5) is 14.4. The first-order valence-electron chi connectivity index (χ1n) is 12.1. The average molecular weight is 572 g/mol. The fourth-order valence-corrected chi connectivity index (χ4v) is 11.6. The van der Waals surface area contributed by atoms with E-state index in [-0.39, 0.29) is 9.67 Å². The quantitative estimate of drug-likeness (QED) is 0.144. The van der Waals surface area contributed by atoms with Crippen LogP contribution in [-0.4, -0.2) is 8.90 Å². The van der Waals surface area contributed by atoms with Gasteiger partial charge >= 0.3 is 216 Å². The third-order valence-corrected chi connectivity index (χ3v) is 13.5. The molecule has 0 saturated heterocycles. The van der Waals surface area contributed by atoms with Crippen LogP contribution in [0, 0.1) is 0 Å². The van der Waals surface area contributed by atoms with Crippen molar-refractivity contribution in [1.29, 1.82) is 0 Å². The van der Waals surface area contributed by atoms with Crippen molar-refractivity contribution in [2.75, 3.05) is 0 Å². The summed E-state index contributed by atoms with van der Waals surface area (Å²) < 4.78 is 1.83. The number of carbonyl (C=O) groups excluding carboxylic acids is 1. The number of phenolic OH excluding ortho intramolecular Hbond substituents is 1. The summed E-state index contributed by atoms with van der Waals surface area (Å²) in [6.45, 7) is 2.19. The molecule has 4 aromatic carbocycles. The maximum absolute atomic E-state index is 14.4. The van der Waals surface area contributed by atoms with Gasteiger partial charge in [-0.25, -0.2) is 0 Å². The summed E-state index contributed by atoms with van der Waals surface area (Å²) >= 11 is -2.36. The SMILES string of the molecule is CCC1=CCc2ccc(Cc3cccc(O)c3)cc2C(=O)I1C(c1ccccc1)c1ccccc1. The number of phenols is 1. The zero-order valence-electron chi connectivity index (χ0n) is 19.8. The van der Waals surface area contributed by atoms with Crippen LogP contribution in [-0.2, 0) is 12.8 Å². The molecule has 0 atom stereocenters. The van der Waals surface area contributed by atoms with Crippen LogP contribution in [0.4, 0.5) is 0 Å². The molecule has 0 aromatic heterocycles. The van der Waals surface area contributed by atoms with Gasteiger partial charge < -0.3 is 0 Å². The van der Waals surface area contributed by atoms with E-state index in [1.165, 1.54) is 14.7 Å². The van der Waals surface area contributed by atoms with Crippen LogP contribution >= 0.6 is 19.8 Å². The summed E-state index contributed by atoms with van der Waals surface area (Å²) in [5.41, 5.74) is 6.63. The molecule has 0 amide bonds. The van der Waals surface area contributed by atoms with Gasteiger partial charge in [-0.15, -0.1) is 0 Å². The zero-order valence-corrected chi connectivity index (χ0v) is 22.0. The van der Waals surface area contributed by atoms with Gasteiger partial charge in [0, 0.05) is 0 Å². The third-order valence-electron chi connectivity index (χ3n) is 6.44. The van der Waals surface area contributed by atoms with Crippen molar-refractivity contribution in [2.24, 2.45) is 0 Å².